The first-order valence-corrected chi connectivity index (χ1v) is 14.5. The average Bonchev–Trinajstić information content (AvgIpc) is 3.27. The van der Waals surface area contributed by atoms with E-state index in [1.165, 1.54) is 16.3 Å². The largest absolute Gasteiger partial charge is 0.483 e. The highest BCUT2D eigenvalue weighted by atomic mass is 16.5. The topological polar surface area (TPSA) is 73.9 Å². The Morgan fingerprint density at radius 1 is 0.950 bits per heavy atom. The summed E-state index contributed by atoms with van der Waals surface area (Å²) in [6.45, 7) is 7.63. The van der Waals surface area contributed by atoms with Crippen LogP contribution in [0, 0.1) is 0 Å². The molecular formula is C33H40N4O3. The molecule has 2 N–H and O–H groups in total. The van der Waals surface area contributed by atoms with Gasteiger partial charge in [-0.3, -0.25) is 25.1 Å². The lowest BCUT2D eigenvalue weighted by atomic mass is 9.97. The number of amides is 1. The van der Waals surface area contributed by atoms with Crippen molar-refractivity contribution in [2.45, 2.75) is 45.3 Å². The van der Waals surface area contributed by atoms with E-state index in [-0.39, 0.29) is 30.5 Å². The first-order valence-electron chi connectivity index (χ1n) is 14.5. The predicted molar refractivity (Wildman–Crippen MR) is 159 cm³/mol. The fourth-order valence-electron chi connectivity index (χ4n) is 5.82. The predicted octanol–water partition coefficient (Wildman–Crippen LogP) is 4.90. The molecule has 0 spiro atoms. The van der Waals surface area contributed by atoms with Gasteiger partial charge in [0, 0.05) is 38.9 Å². The van der Waals surface area contributed by atoms with Crippen LogP contribution in [0.1, 0.15) is 55.1 Å². The molecular weight excluding hydrogens is 500 g/mol. The van der Waals surface area contributed by atoms with E-state index in [4.69, 9.17) is 4.74 Å². The molecule has 3 aromatic carbocycles. The molecule has 3 aromatic rings. The van der Waals surface area contributed by atoms with E-state index in [0.29, 0.717) is 30.8 Å². The van der Waals surface area contributed by atoms with Gasteiger partial charge in [0.25, 0.3) is 5.91 Å². The van der Waals surface area contributed by atoms with Gasteiger partial charge in [0.15, 0.2) is 12.4 Å². The van der Waals surface area contributed by atoms with Crippen molar-refractivity contribution in [1.29, 1.82) is 0 Å². The van der Waals surface area contributed by atoms with Gasteiger partial charge in [0.2, 0.25) is 0 Å². The molecule has 2 aliphatic rings. The number of ketones is 1. The molecule has 0 saturated carbocycles. The monoisotopic (exact) mass is 540 g/mol. The fourth-order valence-corrected chi connectivity index (χ4v) is 5.82. The van der Waals surface area contributed by atoms with Crippen LogP contribution in [-0.4, -0.2) is 67.1 Å². The summed E-state index contributed by atoms with van der Waals surface area (Å²) >= 11 is 0. The average molecular weight is 541 g/mol. The van der Waals surface area contributed by atoms with Crippen LogP contribution in [0.3, 0.4) is 0 Å². The molecule has 2 aliphatic heterocycles. The maximum Gasteiger partial charge on any atom is 0.260 e. The van der Waals surface area contributed by atoms with Crippen molar-refractivity contribution in [1.82, 2.24) is 20.4 Å². The molecule has 0 aliphatic carbocycles. The van der Waals surface area contributed by atoms with E-state index in [2.05, 4.69) is 58.0 Å². The van der Waals surface area contributed by atoms with Gasteiger partial charge in [0.1, 0.15) is 5.75 Å². The Bertz CT molecular complexity index is 1370. The zero-order valence-corrected chi connectivity index (χ0v) is 23.6. The zero-order chi connectivity index (χ0) is 27.9. The lowest BCUT2D eigenvalue weighted by Crippen LogP contribution is -2.55. The molecule has 2 fully saturated rings. The number of ether oxygens (including phenoxy) is 1. The summed E-state index contributed by atoms with van der Waals surface area (Å²) in [5.41, 5.74) is 2.56. The summed E-state index contributed by atoms with van der Waals surface area (Å²) in [5, 5.41) is 9.78. The van der Waals surface area contributed by atoms with Gasteiger partial charge in [0.05, 0.1) is 11.7 Å². The molecule has 2 unspecified atom stereocenters. The molecule has 2 heterocycles. The summed E-state index contributed by atoms with van der Waals surface area (Å²) in [4.78, 5) is 30.4. The lowest BCUT2D eigenvalue weighted by molar-refractivity contribution is -0.133. The van der Waals surface area contributed by atoms with Crippen molar-refractivity contribution in [2.24, 2.45) is 0 Å². The molecule has 2 saturated heterocycles. The van der Waals surface area contributed by atoms with Gasteiger partial charge in [-0.25, -0.2) is 0 Å². The van der Waals surface area contributed by atoms with Crippen molar-refractivity contribution in [2.75, 3.05) is 39.5 Å². The number of nitrogens with zero attached hydrogens (tertiary/aromatic N) is 2. The maximum absolute atomic E-state index is 13.1. The number of carbonyl (C=O) groups is 2. The summed E-state index contributed by atoms with van der Waals surface area (Å²) in [6.07, 6.45) is 4.62. The third-order valence-corrected chi connectivity index (χ3v) is 8.15. The standard InChI is InChI=1S/C33H40N4O3/c1-3-24(4-2)33(39)28-12-7-8-13-30(28)40-22-32(38)37-17-9-16-36(18-19-37)31-21-29(34-23-35-31)27-15-14-25-10-5-6-11-26(25)20-27/h3,5-8,10-15,20,29,31,34-35H,4,9,16-19,21-23H2,1-2H3/b24-3-. The van der Waals surface area contributed by atoms with Crippen LogP contribution in [0.25, 0.3) is 10.8 Å². The fraction of sp³-hybridized carbons (Fsp3) is 0.394. The van der Waals surface area contributed by atoms with Crippen molar-refractivity contribution < 1.29 is 14.3 Å². The number of fused-ring (bicyclic) bond motifs is 1. The van der Waals surface area contributed by atoms with Gasteiger partial charge in [-0.2, -0.15) is 0 Å². The molecule has 7 nitrogen and oxygen atoms in total. The van der Waals surface area contributed by atoms with Crippen molar-refractivity contribution in [3.8, 4) is 5.75 Å². The van der Waals surface area contributed by atoms with Crippen LogP contribution < -0.4 is 15.4 Å². The third-order valence-electron chi connectivity index (χ3n) is 8.15. The minimum Gasteiger partial charge on any atom is -0.483 e. The number of para-hydroxylation sites is 1. The van der Waals surface area contributed by atoms with E-state index in [0.717, 1.165) is 38.2 Å². The van der Waals surface area contributed by atoms with Crippen LogP contribution in [0.2, 0.25) is 0 Å². The molecule has 2 atom stereocenters. The Kier molecular flexibility index (Phi) is 9.26. The van der Waals surface area contributed by atoms with Gasteiger partial charge in [-0.05, 0) is 66.3 Å². The lowest BCUT2D eigenvalue weighted by Gasteiger charge is -2.38. The molecule has 0 bridgehead atoms. The summed E-state index contributed by atoms with van der Waals surface area (Å²) in [6, 6.07) is 22.7. The third kappa shape index (κ3) is 6.44. The van der Waals surface area contributed by atoms with E-state index < -0.39 is 0 Å². The first kappa shape index (κ1) is 28.0. The number of nitrogens with one attached hydrogen (secondary N) is 2. The van der Waals surface area contributed by atoms with Gasteiger partial charge in [-0.1, -0.05) is 61.5 Å². The number of carbonyl (C=O) groups excluding carboxylic acids is 2. The normalized spacial score (nSPS) is 20.8. The van der Waals surface area contributed by atoms with Gasteiger partial charge in [-0.15, -0.1) is 0 Å². The molecule has 0 aromatic heterocycles. The Morgan fingerprint density at radius 2 is 1.75 bits per heavy atom. The Labute approximate surface area is 237 Å². The SMILES string of the molecule is C/C=C(/CC)C(=O)c1ccccc1OCC(=O)N1CCCN(C2CC(c3ccc4ccccc4c3)NCN2)CC1. The van der Waals surface area contributed by atoms with E-state index >= 15 is 0 Å². The zero-order valence-electron chi connectivity index (χ0n) is 23.6. The van der Waals surface area contributed by atoms with Gasteiger partial charge < -0.3 is 9.64 Å². The minimum atomic E-state index is -0.0722. The van der Waals surface area contributed by atoms with Crippen molar-refractivity contribution >= 4 is 22.5 Å². The molecule has 5 rings (SSSR count). The van der Waals surface area contributed by atoms with E-state index in [1.807, 2.05) is 37.0 Å². The van der Waals surface area contributed by atoms with Crippen LogP contribution in [0.5, 0.6) is 5.75 Å². The highest BCUT2D eigenvalue weighted by Gasteiger charge is 2.29. The number of benzene rings is 3. The Morgan fingerprint density at radius 3 is 2.58 bits per heavy atom. The number of hydrogen-bond acceptors (Lipinski definition) is 6. The molecule has 1 amide bonds. The van der Waals surface area contributed by atoms with E-state index in [1.54, 1.807) is 12.1 Å². The summed E-state index contributed by atoms with van der Waals surface area (Å²) < 4.78 is 5.92. The number of allylic oxidation sites excluding steroid dienone is 2. The minimum absolute atomic E-state index is 0.0434. The maximum atomic E-state index is 13.1. The number of rotatable bonds is 8. The highest BCUT2D eigenvalue weighted by molar-refractivity contribution is 6.10. The quantitative estimate of drug-likeness (QED) is 0.313. The summed E-state index contributed by atoms with van der Waals surface area (Å²) in [7, 11) is 0. The Hall–Kier alpha value is -3.52. The number of hydrogen-bond donors (Lipinski definition) is 2. The second kappa shape index (κ2) is 13.2. The molecule has 7 heteroatoms. The van der Waals surface area contributed by atoms with Crippen LogP contribution in [0.15, 0.2) is 78.4 Å². The second-order valence-corrected chi connectivity index (χ2v) is 10.5. The van der Waals surface area contributed by atoms with Gasteiger partial charge >= 0.3 is 0 Å². The van der Waals surface area contributed by atoms with Crippen LogP contribution in [0.4, 0.5) is 0 Å². The second-order valence-electron chi connectivity index (χ2n) is 10.5. The van der Waals surface area contributed by atoms with Crippen LogP contribution >= 0.6 is 0 Å². The summed E-state index contributed by atoms with van der Waals surface area (Å²) in [5.74, 6) is 0.372. The molecule has 40 heavy (non-hydrogen) atoms. The van der Waals surface area contributed by atoms with Crippen molar-refractivity contribution in [3.05, 3.63) is 89.5 Å². The number of Topliss-reactive ketones (excluding diaryl/α,β-unsaturated/α-hetero) is 1. The Balaban J connectivity index is 1.17. The van der Waals surface area contributed by atoms with E-state index in [9.17, 15) is 9.59 Å². The molecule has 0 radical (unpaired) electrons. The highest BCUT2D eigenvalue weighted by Crippen LogP contribution is 2.27. The smallest absolute Gasteiger partial charge is 0.260 e. The van der Waals surface area contributed by atoms with Crippen LogP contribution in [-0.2, 0) is 4.79 Å². The first-order chi connectivity index (χ1) is 19.6. The van der Waals surface area contributed by atoms with Crippen molar-refractivity contribution in [3.63, 3.8) is 0 Å². The molecule has 210 valence electrons.